The van der Waals surface area contributed by atoms with Crippen LogP contribution in [0.25, 0.3) is 0 Å². The average molecular weight is 159 g/mol. The molecule has 0 atom stereocenters. The van der Waals surface area contributed by atoms with E-state index in [0.29, 0.717) is 5.41 Å². The van der Waals surface area contributed by atoms with Crippen LogP contribution in [0.1, 0.15) is 47.5 Å². The Balaban J connectivity index is 4.02. The van der Waals surface area contributed by atoms with Crippen LogP contribution in [0.2, 0.25) is 0 Å². The summed E-state index contributed by atoms with van der Waals surface area (Å²) in [6.07, 6.45) is 2.15. The first-order chi connectivity index (χ1) is 4.83. The highest BCUT2D eigenvalue weighted by Crippen LogP contribution is 2.31. The normalized spacial score (nSPS) is 13.6. The Bertz CT molecular complexity index is 105. The van der Waals surface area contributed by atoms with Crippen LogP contribution >= 0.6 is 0 Å². The minimum atomic E-state index is -0.195. The van der Waals surface area contributed by atoms with E-state index in [1.165, 1.54) is 0 Å². The van der Waals surface area contributed by atoms with E-state index in [2.05, 4.69) is 20.8 Å². The van der Waals surface area contributed by atoms with E-state index in [1.807, 2.05) is 13.8 Å². The van der Waals surface area contributed by atoms with Crippen molar-refractivity contribution in [3.63, 3.8) is 0 Å². The van der Waals surface area contributed by atoms with Gasteiger partial charge in [-0.2, -0.15) is 0 Å². The van der Waals surface area contributed by atoms with E-state index in [9.17, 15) is 0 Å². The Labute approximate surface area is 70.1 Å². The molecule has 0 heterocycles. The number of rotatable bonds is 4. The Hall–Kier alpha value is -0.0800. The first kappa shape index (κ1) is 10.9. The van der Waals surface area contributed by atoms with Gasteiger partial charge < -0.3 is 0 Å². The number of hydrogen-bond acceptors (Lipinski definition) is 2. The first-order valence-electron chi connectivity index (χ1n) is 4.21. The largest absolute Gasteiger partial charge is 0.299 e. The lowest BCUT2D eigenvalue weighted by Gasteiger charge is -2.32. The van der Waals surface area contributed by atoms with E-state index < -0.39 is 0 Å². The zero-order chi connectivity index (χ0) is 9.12. The molecule has 0 amide bonds. The molecule has 0 bridgehead atoms. The molecule has 0 aromatic carbocycles. The van der Waals surface area contributed by atoms with Crippen LogP contribution < -0.4 is 5.90 Å². The van der Waals surface area contributed by atoms with E-state index in [1.54, 1.807) is 0 Å². The van der Waals surface area contributed by atoms with Gasteiger partial charge in [0.1, 0.15) is 0 Å². The lowest BCUT2D eigenvalue weighted by molar-refractivity contribution is -0.0486. The lowest BCUT2D eigenvalue weighted by Crippen LogP contribution is -2.33. The summed E-state index contributed by atoms with van der Waals surface area (Å²) in [4.78, 5) is 4.88. The highest BCUT2D eigenvalue weighted by molar-refractivity contribution is 4.78. The maximum absolute atomic E-state index is 5.17. The van der Waals surface area contributed by atoms with Crippen LogP contribution in [0, 0.1) is 5.41 Å². The fourth-order valence-electron chi connectivity index (χ4n) is 1.32. The molecule has 0 fully saturated rings. The average Bonchev–Trinajstić information content (AvgIpc) is 1.86. The molecular weight excluding hydrogens is 138 g/mol. The molecule has 0 aliphatic carbocycles. The third-order valence-electron chi connectivity index (χ3n) is 2.18. The SMILES string of the molecule is CCC(C)(C)CC(C)(C)ON. The molecule has 2 heteroatoms. The van der Waals surface area contributed by atoms with E-state index >= 15 is 0 Å². The zero-order valence-corrected chi connectivity index (χ0v) is 8.40. The second kappa shape index (κ2) is 3.55. The van der Waals surface area contributed by atoms with Crippen LogP contribution in [-0.2, 0) is 4.84 Å². The lowest BCUT2D eigenvalue weighted by atomic mass is 9.80. The molecule has 0 radical (unpaired) electrons. The van der Waals surface area contributed by atoms with E-state index in [4.69, 9.17) is 10.7 Å². The van der Waals surface area contributed by atoms with Gasteiger partial charge in [-0.3, -0.25) is 4.84 Å². The van der Waals surface area contributed by atoms with Gasteiger partial charge in [-0.1, -0.05) is 27.2 Å². The van der Waals surface area contributed by atoms with Crippen molar-refractivity contribution in [2.45, 2.75) is 53.1 Å². The van der Waals surface area contributed by atoms with Crippen LogP contribution in [0.15, 0.2) is 0 Å². The zero-order valence-electron chi connectivity index (χ0n) is 8.40. The Morgan fingerprint density at radius 3 is 1.91 bits per heavy atom. The Morgan fingerprint density at radius 1 is 1.18 bits per heavy atom. The van der Waals surface area contributed by atoms with Crippen molar-refractivity contribution >= 4 is 0 Å². The smallest absolute Gasteiger partial charge is 0.0843 e. The van der Waals surface area contributed by atoms with Gasteiger partial charge in [-0.15, -0.1) is 0 Å². The summed E-state index contributed by atoms with van der Waals surface area (Å²) < 4.78 is 0. The molecule has 0 saturated carbocycles. The maximum Gasteiger partial charge on any atom is 0.0843 e. The van der Waals surface area contributed by atoms with E-state index in [0.717, 1.165) is 12.8 Å². The molecule has 2 nitrogen and oxygen atoms in total. The van der Waals surface area contributed by atoms with Gasteiger partial charge in [0.2, 0.25) is 0 Å². The van der Waals surface area contributed by atoms with Crippen LogP contribution in [0.4, 0.5) is 0 Å². The third-order valence-corrected chi connectivity index (χ3v) is 2.18. The summed E-state index contributed by atoms with van der Waals surface area (Å²) in [7, 11) is 0. The fraction of sp³-hybridized carbons (Fsp3) is 1.00. The molecule has 0 spiro atoms. The maximum atomic E-state index is 5.17. The minimum Gasteiger partial charge on any atom is -0.299 e. The summed E-state index contributed by atoms with van der Waals surface area (Å²) in [5.74, 6) is 5.17. The van der Waals surface area contributed by atoms with Gasteiger partial charge in [0.05, 0.1) is 5.60 Å². The summed E-state index contributed by atoms with van der Waals surface area (Å²) >= 11 is 0. The summed E-state index contributed by atoms with van der Waals surface area (Å²) in [5, 5.41) is 0. The fourth-order valence-corrected chi connectivity index (χ4v) is 1.32. The van der Waals surface area contributed by atoms with Crippen molar-refractivity contribution in [3.05, 3.63) is 0 Å². The van der Waals surface area contributed by atoms with Gasteiger partial charge >= 0.3 is 0 Å². The molecule has 0 saturated heterocycles. The van der Waals surface area contributed by atoms with Gasteiger partial charge in [0.15, 0.2) is 0 Å². The Morgan fingerprint density at radius 2 is 1.64 bits per heavy atom. The van der Waals surface area contributed by atoms with Crippen LogP contribution in [0.3, 0.4) is 0 Å². The van der Waals surface area contributed by atoms with Gasteiger partial charge in [0.25, 0.3) is 0 Å². The third kappa shape index (κ3) is 4.38. The topological polar surface area (TPSA) is 35.2 Å². The van der Waals surface area contributed by atoms with Crippen molar-refractivity contribution in [1.82, 2.24) is 0 Å². The summed E-state index contributed by atoms with van der Waals surface area (Å²) in [6, 6.07) is 0. The molecule has 0 unspecified atom stereocenters. The first-order valence-corrected chi connectivity index (χ1v) is 4.21. The number of hydrogen-bond donors (Lipinski definition) is 1. The van der Waals surface area contributed by atoms with Crippen molar-refractivity contribution in [1.29, 1.82) is 0 Å². The summed E-state index contributed by atoms with van der Waals surface area (Å²) in [6.45, 7) is 10.7. The molecule has 11 heavy (non-hydrogen) atoms. The highest BCUT2D eigenvalue weighted by atomic mass is 16.6. The molecule has 0 aliphatic rings. The van der Waals surface area contributed by atoms with Gasteiger partial charge in [-0.05, 0) is 25.7 Å². The molecule has 68 valence electrons. The van der Waals surface area contributed by atoms with Crippen molar-refractivity contribution in [2.24, 2.45) is 11.3 Å². The van der Waals surface area contributed by atoms with Crippen LogP contribution in [0.5, 0.6) is 0 Å². The van der Waals surface area contributed by atoms with Crippen molar-refractivity contribution in [3.8, 4) is 0 Å². The molecule has 0 aromatic heterocycles. The minimum absolute atomic E-state index is 0.195. The number of nitrogens with two attached hydrogens (primary N) is 1. The van der Waals surface area contributed by atoms with Crippen molar-refractivity contribution in [2.75, 3.05) is 0 Å². The predicted molar refractivity (Wildman–Crippen MR) is 48.0 cm³/mol. The highest BCUT2D eigenvalue weighted by Gasteiger charge is 2.27. The standard InChI is InChI=1S/C9H21NO/c1-6-8(2,3)7-9(4,5)11-10/h6-7,10H2,1-5H3. The predicted octanol–water partition coefficient (Wildman–Crippen LogP) is 2.48. The Kier molecular flexibility index (Phi) is 3.52. The monoisotopic (exact) mass is 159 g/mol. The van der Waals surface area contributed by atoms with Gasteiger partial charge in [0, 0.05) is 0 Å². The molecule has 0 aliphatic heterocycles. The summed E-state index contributed by atoms with van der Waals surface area (Å²) in [5.41, 5.74) is 0.127. The second-order valence-corrected chi connectivity index (χ2v) is 4.57. The molecule has 0 aromatic rings. The molecular formula is C9H21NO. The molecule has 2 N–H and O–H groups in total. The second-order valence-electron chi connectivity index (χ2n) is 4.57. The van der Waals surface area contributed by atoms with Crippen LogP contribution in [-0.4, -0.2) is 5.60 Å². The molecule has 0 rings (SSSR count). The van der Waals surface area contributed by atoms with Gasteiger partial charge in [-0.25, -0.2) is 5.90 Å². The quantitative estimate of drug-likeness (QED) is 0.639. The van der Waals surface area contributed by atoms with E-state index in [-0.39, 0.29) is 5.60 Å². The van der Waals surface area contributed by atoms with Crippen molar-refractivity contribution < 1.29 is 4.84 Å².